The molecule has 8 heteroatoms. The van der Waals surface area contributed by atoms with Gasteiger partial charge in [0.25, 0.3) is 5.91 Å². The maximum atomic E-state index is 13.1. The van der Waals surface area contributed by atoms with Gasteiger partial charge in [-0.05, 0) is 42.8 Å². The van der Waals surface area contributed by atoms with Crippen molar-refractivity contribution < 1.29 is 28.6 Å². The molecule has 0 heterocycles. The Bertz CT molecular complexity index is 812. The summed E-state index contributed by atoms with van der Waals surface area (Å²) in [6, 6.07) is 10.4. The molecule has 2 aromatic carbocycles. The molecule has 0 radical (unpaired) electrons. The van der Waals surface area contributed by atoms with Crippen LogP contribution in [0.25, 0.3) is 0 Å². The van der Waals surface area contributed by atoms with Crippen molar-refractivity contribution in [3.05, 3.63) is 58.9 Å². The molecular weight excluding hydrogens is 377 g/mol. The molecule has 2 aromatic rings. The molecule has 0 fully saturated rings. The summed E-state index contributed by atoms with van der Waals surface area (Å²) in [4.78, 5) is 24.4. The maximum absolute atomic E-state index is 13.1. The van der Waals surface area contributed by atoms with E-state index in [-0.39, 0.29) is 16.7 Å². The Labute approximate surface area is 161 Å². The molecule has 0 saturated carbocycles. The monoisotopic (exact) mass is 395 g/mol. The third-order valence-electron chi connectivity index (χ3n) is 3.63. The number of carbonyl (C=O) groups excluding carboxylic acids is 1. The van der Waals surface area contributed by atoms with Crippen LogP contribution in [0, 0.1) is 5.82 Å². The molecule has 144 valence electrons. The highest BCUT2D eigenvalue weighted by atomic mass is 35.5. The van der Waals surface area contributed by atoms with E-state index in [2.05, 4.69) is 0 Å². The van der Waals surface area contributed by atoms with Gasteiger partial charge in [-0.3, -0.25) is 4.79 Å². The van der Waals surface area contributed by atoms with Crippen molar-refractivity contribution in [1.29, 1.82) is 0 Å². The first-order chi connectivity index (χ1) is 12.8. The predicted octanol–water partition coefficient (Wildman–Crippen LogP) is 3.37. The fraction of sp³-hybridized carbons (Fsp3) is 0.263. The Kier molecular flexibility index (Phi) is 7.01. The third kappa shape index (κ3) is 6.14. The van der Waals surface area contributed by atoms with Gasteiger partial charge in [0.2, 0.25) is 0 Å². The van der Waals surface area contributed by atoms with Crippen molar-refractivity contribution in [2.75, 3.05) is 13.7 Å². The first-order valence-electron chi connectivity index (χ1n) is 8.06. The number of hydrogen-bond acceptors (Lipinski definition) is 4. The van der Waals surface area contributed by atoms with Gasteiger partial charge < -0.3 is 19.5 Å². The molecule has 0 bridgehead atoms. The van der Waals surface area contributed by atoms with Gasteiger partial charge in [-0.1, -0.05) is 23.7 Å². The Hall–Kier alpha value is -2.80. The number of carboxylic acids is 1. The van der Waals surface area contributed by atoms with Gasteiger partial charge in [0.15, 0.2) is 12.7 Å². The summed E-state index contributed by atoms with van der Waals surface area (Å²) in [7, 11) is 1.63. The van der Waals surface area contributed by atoms with Crippen molar-refractivity contribution in [2.45, 2.75) is 19.6 Å². The lowest BCUT2D eigenvalue weighted by molar-refractivity contribution is -0.139. The SMILES string of the molecule is CC(Oc1ccc(F)cc1Cl)C(=O)N(C)Cc1ccc(OCC(=O)O)cc1. The molecule has 2 rings (SSSR count). The van der Waals surface area contributed by atoms with E-state index in [0.717, 1.165) is 11.6 Å². The van der Waals surface area contributed by atoms with Crippen LogP contribution in [-0.4, -0.2) is 41.6 Å². The van der Waals surface area contributed by atoms with E-state index in [0.29, 0.717) is 12.3 Å². The number of halogens is 2. The van der Waals surface area contributed by atoms with Gasteiger partial charge in [0.1, 0.15) is 17.3 Å². The molecule has 0 aliphatic heterocycles. The van der Waals surface area contributed by atoms with Crippen molar-refractivity contribution in [1.82, 2.24) is 4.90 Å². The summed E-state index contributed by atoms with van der Waals surface area (Å²) >= 11 is 5.91. The van der Waals surface area contributed by atoms with Gasteiger partial charge in [0, 0.05) is 13.6 Å². The van der Waals surface area contributed by atoms with Gasteiger partial charge >= 0.3 is 5.97 Å². The molecule has 0 aromatic heterocycles. The largest absolute Gasteiger partial charge is 0.482 e. The van der Waals surface area contributed by atoms with Crippen LogP contribution in [0.5, 0.6) is 11.5 Å². The second kappa shape index (κ2) is 9.23. The molecule has 1 atom stereocenters. The summed E-state index contributed by atoms with van der Waals surface area (Å²) in [5.41, 5.74) is 0.834. The lowest BCUT2D eigenvalue weighted by Crippen LogP contribution is -2.37. The highest BCUT2D eigenvalue weighted by Gasteiger charge is 2.20. The minimum absolute atomic E-state index is 0.0919. The number of rotatable bonds is 8. The normalized spacial score (nSPS) is 11.6. The lowest BCUT2D eigenvalue weighted by Gasteiger charge is -2.22. The fourth-order valence-corrected chi connectivity index (χ4v) is 2.52. The van der Waals surface area contributed by atoms with Crippen LogP contribution in [0.15, 0.2) is 42.5 Å². The number of nitrogens with zero attached hydrogens (tertiary/aromatic N) is 1. The third-order valence-corrected chi connectivity index (χ3v) is 3.92. The first-order valence-corrected chi connectivity index (χ1v) is 8.44. The van der Waals surface area contributed by atoms with Crippen LogP contribution in [-0.2, 0) is 16.1 Å². The maximum Gasteiger partial charge on any atom is 0.341 e. The van der Waals surface area contributed by atoms with Gasteiger partial charge in [-0.2, -0.15) is 0 Å². The topological polar surface area (TPSA) is 76.1 Å². The van der Waals surface area contributed by atoms with Crippen LogP contribution in [0.2, 0.25) is 5.02 Å². The van der Waals surface area contributed by atoms with Crippen molar-refractivity contribution in [3.8, 4) is 11.5 Å². The second-order valence-corrected chi connectivity index (χ2v) is 6.26. The standard InChI is InChI=1S/C19H19ClFNO5/c1-12(27-17-8-5-14(21)9-16(17)20)19(25)22(2)10-13-3-6-15(7-4-13)26-11-18(23)24/h3-9,12H,10-11H2,1-2H3,(H,23,24). The molecular formula is C19H19ClFNO5. The zero-order valence-corrected chi connectivity index (χ0v) is 15.6. The average molecular weight is 396 g/mol. The first kappa shape index (κ1) is 20.5. The van der Waals surface area contributed by atoms with Gasteiger partial charge in [0.05, 0.1) is 5.02 Å². The Morgan fingerprint density at radius 3 is 2.48 bits per heavy atom. The average Bonchev–Trinajstić information content (AvgIpc) is 2.62. The molecule has 0 aliphatic carbocycles. The van der Waals surface area contributed by atoms with E-state index in [4.69, 9.17) is 26.2 Å². The molecule has 27 heavy (non-hydrogen) atoms. The molecule has 0 saturated heterocycles. The molecule has 1 amide bonds. The van der Waals surface area contributed by atoms with Crippen LogP contribution >= 0.6 is 11.6 Å². The number of benzene rings is 2. The number of aliphatic carboxylic acids is 1. The van der Waals surface area contributed by atoms with Crippen molar-refractivity contribution in [2.24, 2.45) is 0 Å². The zero-order valence-electron chi connectivity index (χ0n) is 14.8. The number of carboxylic acid groups (broad SMARTS) is 1. The molecule has 0 spiro atoms. The summed E-state index contributed by atoms with van der Waals surface area (Å²) in [5.74, 6) is -1.16. The summed E-state index contributed by atoms with van der Waals surface area (Å²) in [6.07, 6.45) is -0.809. The zero-order chi connectivity index (χ0) is 20.0. The van der Waals surface area contributed by atoms with E-state index >= 15 is 0 Å². The highest BCUT2D eigenvalue weighted by molar-refractivity contribution is 6.32. The number of likely N-dealkylation sites (N-methyl/N-ethyl adjacent to an activating group) is 1. The van der Waals surface area contributed by atoms with Crippen molar-refractivity contribution in [3.63, 3.8) is 0 Å². The molecule has 6 nitrogen and oxygen atoms in total. The summed E-state index contributed by atoms with van der Waals surface area (Å²) in [5, 5.41) is 8.68. The summed E-state index contributed by atoms with van der Waals surface area (Å²) < 4.78 is 23.7. The fourth-order valence-electron chi connectivity index (χ4n) is 2.31. The van der Waals surface area contributed by atoms with E-state index < -0.39 is 24.5 Å². The Balaban J connectivity index is 1.93. The van der Waals surface area contributed by atoms with Gasteiger partial charge in [-0.25, -0.2) is 9.18 Å². The molecule has 1 unspecified atom stereocenters. The quantitative estimate of drug-likeness (QED) is 0.741. The summed E-state index contributed by atoms with van der Waals surface area (Å²) in [6.45, 7) is 1.49. The van der Waals surface area contributed by atoms with Crippen LogP contribution in [0.3, 0.4) is 0 Å². The van der Waals surface area contributed by atoms with Crippen LogP contribution in [0.1, 0.15) is 12.5 Å². The Morgan fingerprint density at radius 2 is 1.89 bits per heavy atom. The minimum atomic E-state index is -1.06. The number of ether oxygens (including phenoxy) is 2. The van der Waals surface area contributed by atoms with Gasteiger partial charge in [-0.15, -0.1) is 0 Å². The predicted molar refractivity (Wildman–Crippen MR) is 97.5 cm³/mol. The van der Waals surface area contributed by atoms with E-state index in [1.54, 1.807) is 38.2 Å². The highest BCUT2D eigenvalue weighted by Crippen LogP contribution is 2.26. The van der Waals surface area contributed by atoms with E-state index in [9.17, 15) is 14.0 Å². The van der Waals surface area contributed by atoms with Crippen LogP contribution in [0.4, 0.5) is 4.39 Å². The number of hydrogen-bond donors (Lipinski definition) is 1. The minimum Gasteiger partial charge on any atom is -0.482 e. The number of carbonyl (C=O) groups is 2. The molecule has 1 N–H and O–H groups in total. The van der Waals surface area contributed by atoms with Crippen molar-refractivity contribution >= 4 is 23.5 Å². The second-order valence-electron chi connectivity index (χ2n) is 5.86. The van der Waals surface area contributed by atoms with Crippen LogP contribution < -0.4 is 9.47 Å². The van der Waals surface area contributed by atoms with E-state index in [1.807, 2.05) is 0 Å². The van der Waals surface area contributed by atoms with E-state index in [1.165, 1.54) is 17.0 Å². The number of amides is 1. The lowest BCUT2D eigenvalue weighted by atomic mass is 10.2. The Morgan fingerprint density at radius 1 is 1.22 bits per heavy atom. The smallest absolute Gasteiger partial charge is 0.341 e. The molecule has 0 aliphatic rings.